The average molecular weight is 291 g/mol. The number of hydrogen-bond acceptors (Lipinski definition) is 5. The molecule has 5 heteroatoms. The first-order valence-corrected chi connectivity index (χ1v) is 8.68. The molecule has 2 aliphatic heterocycles. The smallest absolute Gasteiger partial charge is 0.247 e. The van der Waals surface area contributed by atoms with Crippen molar-refractivity contribution in [1.82, 2.24) is 14.9 Å². The molecule has 1 aromatic rings. The highest BCUT2D eigenvalue weighted by atomic mass is 32.2. The number of rotatable bonds is 5. The third-order valence-corrected chi connectivity index (χ3v) is 6.13. The Balaban J connectivity index is 1.48. The molecule has 4 rings (SSSR count). The van der Waals surface area contributed by atoms with E-state index in [0.717, 1.165) is 35.5 Å². The summed E-state index contributed by atoms with van der Waals surface area (Å²) in [6.07, 6.45) is 9.06. The van der Waals surface area contributed by atoms with Crippen LogP contribution in [-0.2, 0) is 0 Å². The van der Waals surface area contributed by atoms with Crippen molar-refractivity contribution >= 4 is 11.8 Å². The summed E-state index contributed by atoms with van der Waals surface area (Å²) in [5.41, 5.74) is 0.377. The van der Waals surface area contributed by atoms with Gasteiger partial charge in [0.2, 0.25) is 5.88 Å². The lowest BCUT2D eigenvalue weighted by atomic mass is 9.88. The summed E-state index contributed by atoms with van der Waals surface area (Å²) in [7, 11) is 0. The zero-order valence-electron chi connectivity index (χ0n) is 11.9. The largest absolute Gasteiger partial charge is 0.469 e. The molecule has 2 unspecified atom stereocenters. The Kier molecular flexibility index (Phi) is 3.15. The predicted octanol–water partition coefficient (Wildman–Crippen LogP) is 2.59. The molecule has 3 atom stereocenters. The highest BCUT2D eigenvalue weighted by Crippen LogP contribution is 2.61. The maximum absolute atomic E-state index is 6.26. The number of piperidine rings is 1. The van der Waals surface area contributed by atoms with E-state index < -0.39 is 0 Å². The molecule has 1 spiro atoms. The Morgan fingerprint density at radius 2 is 2.35 bits per heavy atom. The molecular formula is C15H21N3OS. The van der Waals surface area contributed by atoms with Gasteiger partial charge in [0.05, 0.1) is 5.54 Å². The summed E-state index contributed by atoms with van der Waals surface area (Å²) in [6, 6.07) is 0. The second-order valence-electron chi connectivity index (χ2n) is 6.10. The number of nitrogens with zero attached hydrogens (tertiary/aromatic N) is 3. The van der Waals surface area contributed by atoms with Crippen molar-refractivity contribution in [3.63, 3.8) is 0 Å². The van der Waals surface area contributed by atoms with Crippen LogP contribution in [0.25, 0.3) is 0 Å². The fraction of sp³-hybridized carbons (Fsp3) is 0.733. The molecule has 2 saturated heterocycles. The molecule has 0 bridgehead atoms. The van der Waals surface area contributed by atoms with Gasteiger partial charge in [-0.3, -0.25) is 4.90 Å². The lowest BCUT2D eigenvalue weighted by Gasteiger charge is -2.51. The zero-order chi connectivity index (χ0) is 13.6. The van der Waals surface area contributed by atoms with Gasteiger partial charge in [-0.05, 0) is 43.9 Å². The molecular weight excluding hydrogens is 270 g/mol. The third kappa shape index (κ3) is 1.86. The minimum absolute atomic E-state index is 0.338. The molecule has 3 aliphatic rings. The summed E-state index contributed by atoms with van der Waals surface area (Å²) in [4.78, 5) is 11.5. The van der Waals surface area contributed by atoms with Gasteiger partial charge in [0.1, 0.15) is 6.10 Å². The Bertz CT molecular complexity index is 512. The summed E-state index contributed by atoms with van der Waals surface area (Å²) < 4.78 is 6.26. The van der Waals surface area contributed by atoms with Crippen molar-refractivity contribution in [2.24, 2.45) is 5.92 Å². The maximum Gasteiger partial charge on any atom is 0.247 e. The van der Waals surface area contributed by atoms with E-state index in [1.54, 1.807) is 24.2 Å². The molecule has 1 saturated carbocycles. The van der Waals surface area contributed by atoms with E-state index in [9.17, 15) is 0 Å². The van der Waals surface area contributed by atoms with Crippen LogP contribution >= 0.6 is 11.8 Å². The van der Waals surface area contributed by atoms with Crippen LogP contribution in [0.5, 0.6) is 5.88 Å². The van der Waals surface area contributed by atoms with Crippen LogP contribution in [0, 0.1) is 5.92 Å². The summed E-state index contributed by atoms with van der Waals surface area (Å²) in [6.45, 7) is 4.52. The van der Waals surface area contributed by atoms with E-state index in [1.165, 1.54) is 25.8 Å². The SMILES string of the molecule is CCCSc1nccnc1O[C@@H]1CN2CCCC3CC312. The maximum atomic E-state index is 6.26. The van der Waals surface area contributed by atoms with E-state index in [1.807, 2.05) is 0 Å². The van der Waals surface area contributed by atoms with Crippen LogP contribution in [0.4, 0.5) is 0 Å². The van der Waals surface area contributed by atoms with E-state index >= 15 is 0 Å². The van der Waals surface area contributed by atoms with Gasteiger partial charge < -0.3 is 4.74 Å². The van der Waals surface area contributed by atoms with E-state index in [-0.39, 0.29) is 0 Å². The van der Waals surface area contributed by atoms with Crippen LogP contribution in [0.1, 0.15) is 32.6 Å². The normalized spacial score (nSPS) is 34.9. The summed E-state index contributed by atoms with van der Waals surface area (Å²) in [5.74, 6) is 2.69. The lowest BCUT2D eigenvalue weighted by Crippen LogP contribution is -2.67. The topological polar surface area (TPSA) is 38.3 Å². The second kappa shape index (κ2) is 4.88. The van der Waals surface area contributed by atoms with Gasteiger partial charge in [0, 0.05) is 18.9 Å². The molecule has 1 aromatic heterocycles. The van der Waals surface area contributed by atoms with Crippen molar-refractivity contribution in [3.8, 4) is 5.88 Å². The Hall–Kier alpha value is -0.810. The minimum Gasteiger partial charge on any atom is -0.469 e. The predicted molar refractivity (Wildman–Crippen MR) is 79.1 cm³/mol. The van der Waals surface area contributed by atoms with Gasteiger partial charge in [-0.25, -0.2) is 9.97 Å². The molecule has 0 amide bonds. The van der Waals surface area contributed by atoms with Crippen molar-refractivity contribution in [3.05, 3.63) is 12.4 Å². The molecule has 3 heterocycles. The monoisotopic (exact) mass is 291 g/mol. The molecule has 4 nitrogen and oxygen atoms in total. The molecule has 0 N–H and O–H groups in total. The molecule has 108 valence electrons. The lowest BCUT2D eigenvalue weighted by molar-refractivity contribution is -0.0878. The van der Waals surface area contributed by atoms with Crippen molar-refractivity contribution in [2.45, 2.75) is 49.3 Å². The first-order chi connectivity index (χ1) is 9.84. The number of hydrogen-bond donors (Lipinski definition) is 0. The van der Waals surface area contributed by atoms with Crippen molar-refractivity contribution in [1.29, 1.82) is 0 Å². The highest BCUT2D eigenvalue weighted by molar-refractivity contribution is 7.99. The molecule has 0 aromatic carbocycles. The van der Waals surface area contributed by atoms with Gasteiger partial charge in [0.15, 0.2) is 5.03 Å². The summed E-state index contributed by atoms with van der Waals surface area (Å²) in [5, 5.41) is 0.956. The Labute approximate surface area is 124 Å². The first-order valence-electron chi connectivity index (χ1n) is 7.70. The van der Waals surface area contributed by atoms with Crippen LogP contribution in [-0.4, -0.2) is 45.4 Å². The van der Waals surface area contributed by atoms with Gasteiger partial charge in [-0.1, -0.05) is 6.92 Å². The second-order valence-corrected chi connectivity index (χ2v) is 7.19. The Morgan fingerprint density at radius 3 is 3.20 bits per heavy atom. The summed E-state index contributed by atoms with van der Waals surface area (Å²) >= 11 is 1.75. The van der Waals surface area contributed by atoms with Crippen molar-refractivity contribution < 1.29 is 4.74 Å². The van der Waals surface area contributed by atoms with Crippen LogP contribution < -0.4 is 4.74 Å². The third-order valence-electron chi connectivity index (χ3n) is 4.96. The van der Waals surface area contributed by atoms with Gasteiger partial charge >= 0.3 is 0 Å². The quantitative estimate of drug-likeness (QED) is 0.780. The fourth-order valence-electron chi connectivity index (χ4n) is 3.88. The Morgan fingerprint density at radius 1 is 1.45 bits per heavy atom. The number of thioether (sulfide) groups is 1. The minimum atomic E-state index is 0.338. The van der Waals surface area contributed by atoms with Gasteiger partial charge in [0.25, 0.3) is 0 Å². The number of ether oxygens (including phenoxy) is 1. The molecule has 3 fully saturated rings. The van der Waals surface area contributed by atoms with Crippen LogP contribution in [0.2, 0.25) is 0 Å². The van der Waals surface area contributed by atoms with Crippen LogP contribution in [0.3, 0.4) is 0 Å². The molecule has 0 radical (unpaired) electrons. The van der Waals surface area contributed by atoms with Gasteiger partial charge in [-0.2, -0.15) is 0 Å². The number of aromatic nitrogens is 2. The zero-order valence-corrected chi connectivity index (χ0v) is 12.7. The molecule has 20 heavy (non-hydrogen) atoms. The van der Waals surface area contributed by atoms with E-state index in [0.29, 0.717) is 11.6 Å². The van der Waals surface area contributed by atoms with Crippen LogP contribution in [0.15, 0.2) is 17.4 Å². The van der Waals surface area contributed by atoms with E-state index in [2.05, 4.69) is 21.8 Å². The van der Waals surface area contributed by atoms with Crippen molar-refractivity contribution in [2.75, 3.05) is 18.8 Å². The fourth-order valence-corrected chi connectivity index (χ4v) is 4.64. The molecule has 1 aliphatic carbocycles. The highest BCUT2D eigenvalue weighted by Gasteiger charge is 2.71. The standard InChI is InChI=1S/C15H21N3OS/c1-2-8-20-14-13(16-5-6-17-14)19-12-10-18-7-3-4-11-9-15(11,12)18/h5-6,11-12H,2-4,7-10H2,1H3/t11?,12-,15?/m1/s1. The van der Waals surface area contributed by atoms with E-state index in [4.69, 9.17) is 4.74 Å². The first kappa shape index (κ1) is 12.9. The van der Waals surface area contributed by atoms with Gasteiger partial charge in [-0.15, -0.1) is 11.8 Å². The average Bonchev–Trinajstić information content (AvgIpc) is 3.23.